The van der Waals surface area contributed by atoms with Gasteiger partial charge in [-0.25, -0.2) is 4.39 Å². The predicted octanol–water partition coefficient (Wildman–Crippen LogP) is 1.25. The van der Waals surface area contributed by atoms with E-state index in [-0.39, 0.29) is 10.9 Å². The standard InChI is InChI=1S/C8H10FO3P/c1-5-6(2)8(13(10,11)12)4-3-7(5)9/h3-4H,1-2H3,(H2,10,11,12). The first kappa shape index (κ1) is 10.4. The molecular weight excluding hydrogens is 194 g/mol. The Hall–Kier alpha value is -0.700. The maximum absolute atomic E-state index is 12.9. The summed E-state index contributed by atoms with van der Waals surface area (Å²) in [6.45, 7) is 2.98. The van der Waals surface area contributed by atoms with E-state index in [4.69, 9.17) is 9.79 Å². The Kier molecular flexibility index (Phi) is 2.57. The van der Waals surface area contributed by atoms with Crippen LogP contribution in [0.5, 0.6) is 0 Å². The molecule has 1 aromatic carbocycles. The third-order valence-electron chi connectivity index (χ3n) is 2.01. The molecule has 0 heterocycles. The lowest BCUT2D eigenvalue weighted by Crippen LogP contribution is -2.10. The van der Waals surface area contributed by atoms with Crippen molar-refractivity contribution in [2.45, 2.75) is 13.8 Å². The van der Waals surface area contributed by atoms with Crippen molar-refractivity contribution in [1.82, 2.24) is 0 Å². The monoisotopic (exact) mass is 204 g/mol. The molecule has 0 radical (unpaired) electrons. The molecule has 3 nitrogen and oxygen atoms in total. The Labute approximate surface area is 75.4 Å². The Morgan fingerprint density at radius 2 is 1.77 bits per heavy atom. The number of benzene rings is 1. The van der Waals surface area contributed by atoms with Gasteiger partial charge in [0.15, 0.2) is 0 Å². The van der Waals surface area contributed by atoms with Crippen molar-refractivity contribution in [3.05, 3.63) is 29.1 Å². The Morgan fingerprint density at radius 1 is 1.23 bits per heavy atom. The average molecular weight is 204 g/mol. The Balaban J connectivity index is 3.44. The second kappa shape index (κ2) is 3.22. The van der Waals surface area contributed by atoms with Gasteiger partial charge in [0.2, 0.25) is 0 Å². The van der Waals surface area contributed by atoms with Gasteiger partial charge in [-0.1, -0.05) is 0 Å². The van der Waals surface area contributed by atoms with E-state index in [0.29, 0.717) is 5.56 Å². The zero-order chi connectivity index (χ0) is 10.2. The van der Waals surface area contributed by atoms with E-state index >= 15 is 0 Å². The summed E-state index contributed by atoms with van der Waals surface area (Å²) in [5, 5.41) is -0.105. The van der Waals surface area contributed by atoms with Gasteiger partial charge in [0.1, 0.15) is 5.82 Å². The van der Waals surface area contributed by atoms with Gasteiger partial charge >= 0.3 is 7.60 Å². The number of rotatable bonds is 1. The van der Waals surface area contributed by atoms with Crippen molar-refractivity contribution in [1.29, 1.82) is 0 Å². The van der Waals surface area contributed by atoms with Crippen LogP contribution in [0.2, 0.25) is 0 Å². The minimum Gasteiger partial charge on any atom is -0.321 e. The quantitative estimate of drug-likeness (QED) is 0.677. The summed E-state index contributed by atoms with van der Waals surface area (Å²) < 4.78 is 23.8. The molecule has 0 spiro atoms. The molecule has 0 bridgehead atoms. The van der Waals surface area contributed by atoms with Crippen LogP contribution in [0.3, 0.4) is 0 Å². The van der Waals surface area contributed by atoms with Crippen LogP contribution in [0.1, 0.15) is 11.1 Å². The highest BCUT2D eigenvalue weighted by atomic mass is 31.2. The lowest BCUT2D eigenvalue weighted by Gasteiger charge is -2.10. The molecule has 72 valence electrons. The molecule has 0 aromatic heterocycles. The van der Waals surface area contributed by atoms with Gasteiger partial charge in [0.05, 0.1) is 5.30 Å². The van der Waals surface area contributed by atoms with Crippen LogP contribution >= 0.6 is 7.60 Å². The van der Waals surface area contributed by atoms with Crippen LogP contribution in [-0.2, 0) is 4.57 Å². The second-order valence-electron chi connectivity index (χ2n) is 2.86. The largest absolute Gasteiger partial charge is 0.356 e. The SMILES string of the molecule is Cc1c(F)ccc(P(=O)(O)O)c1C. The summed E-state index contributed by atoms with van der Waals surface area (Å²) >= 11 is 0. The molecule has 1 aromatic rings. The molecule has 0 amide bonds. The number of hydrogen-bond acceptors (Lipinski definition) is 1. The van der Waals surface area contributed by atoms with Gasteiger partial charge in [0.25, 0.3) is 0 Å². The average Bonchev–Trinajstić information content (AvgIpc) is 1.98. The lowest BCUT2D eigenvalue weighted by atomic mass is 10.1. The van der Waals surface area contributed by atoms with Crippen molar-refractivity contribution < 1.29 is 18.7 Å². The molecule has 2 N–H and O–H groups in total. The number of halogens is 1. The van der Waals surface area contributed by atoms with Gasteiger partial charge in [-0.15, -0.1) is 0 Å². The van der Waals surface area contributed by atoms with Gasteiger partial charge in [-0.3, -0.25) is 4.57 Å². The van der Waals surface area contributed by atoms with E-state index in [1.807, 2.05) is 0 Å². The maximum Gasteiger partial charge on any atom is 0.356 e. The number of hydrogen-bond donors (Lipinski definition) is 2. The van der Waals surface area contributed by atoms with Crippen LogP contribution in [0, 0.1) is 19.7 Å². The summed E-state index contributed by atoms with van der Waals surface area (Å²) in [6, 6.07) is 2.19. The summed E-state index contributed by atoms with van der Waals surface area (Å²) in [6.07, 6.45) is 0. The second-order valence-corrected chi connectivity index (χ2v) is 4.43. The predicted molar refractivity (Wildman–Crippen MR) is 47.6 cm³/mol. The van der Waals surface area contributed by atoms with Gasteiger partial charge in [0, 0.05) is 0 Å². The molecule has 0 fully saturated rings. The van der Waals surface area contributed by atoms with Gasteiger partial charge in [-0.05, 0) is 37.1 Å². The third kappa shape index (κ3) is 1.97. The van der Waals surface area contributed by atoms with Crippen molar-refractivity contribution in [3.63, 3.8) is 0 Å². The third-order valence-corrected chi connectivity index (χ3v) is 3.12. The molecule has 13 heavy (non-hydrogen) atoms. The van der Waals surface area contributed by atoms with Crippen molar-refractivity contribution in [2.24, 2.45) is 0 Å². The highest BCUT2D eigenvalue weighted by molar-refractivity contribution is 7.60. The molecule has 0 aliphatic rings. The lowest BCUT2D eigenvalue weighted by molar-refractivity contribution is 0.387. The molecule has 0 atom stereocenters. The Morgan fingerprint density at radius 3 is 2.23 bits per heavy atom. The fraction of sp³-hybridized carbons (Fsp3) is 0.250. The summed E-state index contributed by atoms with van der Waals surface area (Å²) in [4.78, 5) is 17.7. The molecule has 0 saturated heterocycles. The molecular formula is C8H10FO3P. The van der Waals surface area contributed by atoms with E-state index in [1.165, 1.54) is 13.8 Å². The van der Waals surface area contributed by atoms with Crippen LogP contribution in [0.25, 0.3) is 0 Å². The van der Waals surface area contributed by atoms with Crippen LogP contribution in [0.15, 0.2) is 12.1 Å². The molecule has 5 heteroatoms. The normalized spacial score (nSPS) is 11.8. The highest BCUT2D eigenvalue weighted by Gasteiger charge is 2.21. The van der Waals surface area contributed by atoms with Gasteiger partial charge in [-0.2, -0.15) is 0 Å². The van der Waals surface area contributed by atoms with Crippen LogP contribution < -0.4 is 5.30 Å². The summed E-state index contributed by atoms with van der Waals surface area (Å²) in [5.41, 5.74) is 0.592. The maximum atomic E-state index is 12.9. The first-order valence-electron chi connectivity index (χ1n) is 3.66. The van der Waals surface area contributed by atoms with E-state index in [0.717, 1.165) is 12.1 Å². The van der Waals surface area contributed by atoms with Crippen LogP contribution in [0.4, 0.5) is 4.39 Å². The smallest absolute Gasteiger partial charge is 0.321 e. The minimum atomic E-state index is -4.27. The van der Waals surface area contributed by atoms with Crippen molar-refractivity contribution >= 4 is 12.9 Å². The first-order valence-corrected chi connectivity index (χ1v) is 5.27. The van der Waals surface area contributed by atoms with E-state index in [2.05, 4.69) is 0 Å². The molecule has 0 unspecified atom stereocenters. The van der Waals surface area contributed by atoms with Crippen molar-refractivity contribution in [3.8, 4) is 0 Å². The van der Waals surface area contributed by atoms with E-state index < -0.39 is 13.4 Å². The molecule has 0 saturated carbocycles. The topological polar surface area (TPSA) is 57.5 Å². The fourth-order valence-electron chi connectivity index (χ4n) is 1.09. The van der Waals surface area contributed by atoms with E-state index in [9.17, 15) is 8.96 Å². The Bertz CT molecular complexity index is 383. The van der Waals surface area contributed by atoms with Crippen LogP contribution in [-0.4, -0.2) is 9.79 Å². The molecule has 1 rings (SSSR count). The minimum absolute atomic E-state index is 0.105. The highest BCUT2D eigenvalue weighted by Crippen LogP contribution is 2.35. The fourth-order valence-corrected chi connectivity index (χ4v) is 1.96. The summed E-state index contributed by atoms with van der Waals surface area (Å²) in [7, 11) is -4.27. The van der Waals surface area contributed by atoms with Gasteiger partial charge < -0.3 is 9.79 Å². The zero-order valence-electron chi connectivity index (χ0n) is 7.28. The molecule has 0 aliphatic heterocycles. The summed E-state index contributed by atoms with van der Waals surface area (Å²) in [5.74, 6) is -0.449. The van der Waals surface area contributed by atoms with Crippen molar-refractivity contribution in [2.75, 3.05) is 0 Å². The van der Waals surface area contributed by atoms with E-state index in [1.54, 1.807) is 0 Å². The molecule has 0 aliphatic carbocycles. The first-order chi connectivity index (χ1) is 5.84. The zero-order valence-corrected chi connectivity index (χ0v) is 8.18.